The van der Waals surface area contributed by atoms with Crippen LogP contribution in [0.4, 0.5) is 16.4 Å². The molecule has 0 radical (unpaired) electrons. The number of carbonyl (C=O) groups is 3. The molecule has 130 valence electrons. The Kier molecular flexibility index (Phi) is 5.56. The van der Waals surface area contributed by atoms with Crippen LogP contribution in [0.5, 0.6) is 0 Å². The van der Waals surface area contributed by atoms with Crippen molar-refractivity contribution in [2.24, 2.45) is 0 Å². The zero-order valence-corrected chi connectivity index (χ0v) is 13.1. The molecular weight excluding hydrogens is 316 g/mol. The van der Waals surface area contributed by atoms with Crippen molar-refractivity contribution in [3.63, 3.8) is 0 Å². The van der Waals surface area contributed by atoms with Crippen molar-refractivity contribution in [1.82, 2.24) is 0 Å². The number of benzene rings is 1. The van der Waals surface area contributed by atoms with Gasteiger partial charge in [-0.3, -0.25) is 5.32 Å². The van der Waals surface area contributed by atoms with E-state index in [0.29, 0.717) is 11.3 Å². The van der Waals surface area contributed by atoms with E-state index in [1.165, 1.54) is 31.4 Å². The van der Waals surface area contributed by atoms with E-state index in [4.69, 9.17) is 9.15 Å². The Labute approximate surface area is 140 Å². The Bertz CT molecular complexity index is 745. The fourth-order valence-corrected chi connectivity index (χ4v) is 1.79. The fourth-order valence-electron chi connectivity index (χ4n) is 1.79. The first-order valence-corrected chi connectivity index (χ1v) is 7.06. The Balaban J connectivity index is 0.00000312. The molecule has 8 nitrogen and oxygen atoms in total. The van der Waals surface area contributed by atoms with Crippen molar-refractivity contribution in [2.45, 2.75) is 6.92 Å². The molecule has 0 saturated carbocycles. The van der Waals surface area contributed by atoms with Gasteiger partial charge >= 0.3 is 18.0 Å². The average Bonchev–Trinajstić information content (AvgIpc) is 3.03. The summed E-state index contributed by atoms with van der Waals surface area (Å²) in [6.45, 7) is 2.01. The van der Waals surface area contributed by atoms with E-state index >= 15 is 0 Å². The van der Waals surface area contributed by atoms with Crippen molar-refractivity contribution < 1.29 is 31.1 Å². The van der Waals surface area contributed by atoms with Gasteiger partial charge in [-0.2, -0.15) is 0 Å². The van der Waals surface area contributed by atoms with Gasteiger partial charge < -0.3 is 19.2 Å². The highest BCUT2D eigenvalue weighted by Gasteiger charge is 2.13. The molecule has 2 aromatic rings. The Hall–Kier alpha value is -3.29. The van der Waals surface area contributed by atoms with E-state index in [1.54, 1.807) is 19.1 Å². The second-order valence-corrected chi connectivity index (χ2v) is 4.53. The summed E-state index contributed by atoms with van der Waals surface area (Å²) < 4.78 is 14.5. The molecule has 1 aromatic heterocycles. The zero-order chi connectivity index (χ0) is 17.5. The van der Waals surface area contributed by atoms with Crippen LogP contribution in [0.3, 0.4) is 0 Å². The van der Waals surface area contributed by atoms with Crippen molar-refractivity contribution in [2.75, 3.05) is 24.4 Å². The van der Waals surface area contributed by atoms with Crippen molar-refractivity contribution >= 4 is 29.5 Å². The van der Waals surface area contributed by atoms with Gasteiger partial charge in [-0.05, 0) is 37.3 Å². The van der Waals surface area contributed by atoms with Gasteiger partial charge in [0.05, 0.1) is 19.3 Å². The predicted molar refractivity (Wildman–Crippen MR) is 89.3 cm³/mol. The van der Waals surface area contributed by atoms with Gasteiger partial charge in [0.15, 0.2) is 0 Å². The number of hydrogen-bond acceptors (Lipinski definition) is 6. The minimum atomic E-state index is -0.641. The molecule has 0 fully saturated rings. The normalized spacial score (nSPS) is 9.92. The average molecular weight is 336 g/mol. The molecule has 1 heterocycles. The molecule has 2 amide bonds. The lowest BCUT2D eigenvalue weighted by Gasteiger charge is -2.06. The molecule has 1 aromatic carbocycles. The van der Waals surface area contributed by atoms with Crippen molar-refractivity contribution in [3.05, 3.63) is 47.7 Å². The summed E-state index contributed by atoms with van der Waals surface area (Å²) in [7, 11) is 1.23. The van der Waals surface area contributed by atoms with Crippen LogP contribution in [0.25, 0.3) is 0 Å². The van der Waals surface area contributed by atoms with E-state index < -0.39 is 18.0 Å². The molecule has 0 bridgehead atoms. The van der Waals surface area contributed by atoms with Crippen LogP contribution in [0, 0.1) is 0 Å². The third-order valence-corrected chi connectivity index (χ3v) is 2.88. The topological polar surface area (TPSA) is 107 Å². The third kappa shape index (κ3) is 4.35. The highest BCUT2D eigenvalue weighted by atomic mass is 16.5. The van der Waals surface area contributed by atoms with Crippen LogP contribution in [-0.2, 0) is 9.47 Å². The third-order valence-electron chi connectivity index (χ3n) is 2.88. The largest absolute Gasteiger partial charge is 0.463 e. The van der Waals surface area contributed by atoms with Crippen LogP contribution in [0.1, 0.15) is 30.7 Å². The summed E-state index contributed by atoms with van der Waals surface area (Å²) in [5.74, 6) is -1.000. The number of methoxy groups -OCH3 is 1. The highest BCUT2D eigenvalue weighted by molar-refractivity contribution is 5.99. The summed E-state index contributed by atoms with van der Waals surface area (Å²) in [5, 5.41) is 4.99. The van der Waals surface area contributed by atoms with Gasteiger partial charge in [0, 0.05) is 14.6 Å². The first-order chi connectivity index (χ1) is 11.5. The first kappa shape index (κ1) is 17.1. The number of hydrogen-bond donors (Lipinski definition) is 2. The summed E-state index contributed by atoms with van der Waals surface area (Å²) in [4.78, 5) is 34.6. The van der Waals surface area contributed by atoms with E-state index in [1.807, 2.05) is 0 Å². The van der Waals surface area contributed by atoms with Crippen molar-refractivity contribution in [1.29, 1.82) is 0 Å². The zero-order valence-electron chi connectivity index (χ0n) is 13.1. The van der Waals surface area contributed by atoms with E-state index in [2.05, 4.69) is 15.4 Å². The summed E-state index contributed by atoms with van der Waals surface area (Å²) in [6, 6.07) is 8.45. The maximum atomic E-state index is 11.9. The fraction of sp³-hybridized carbons (Fsp3) is 0.188. The monoisotopic (exact) mass is 336 g/mol. The number of furan rings is 1. The molecule has 0 aliphatic rings. The maximum Gasteiger partial charge on any atom is 0.374 e. The lowest BCUT2D eigenvalue weighted by Crippen LogP contribution is -2.19. The van der Waals surface area contributed by atoms with E-state index in [0.717, 1.165) is 0 Å². The smallest absolute Gasteiger partial charge is 0.374 e. The molecule has 0 aliphatic carbocycles. The van der Waals surface area contributed by atoms with Crippen LogP contribution in [-0.4, -0.2) is 31.7 Å². The quantitative estimate of drug-likeness (QED) is 0.811. The van der Waals surface area contributed by atoms with Gasteiger partial charge in [-0.25, -0.2) is 14.4 Å². The number of rotatable bonds is 5. The number of amides is 2. The Morgan fingerprint density at radius 1 is 1.04 bits per heavy atom. The molecule has 0 spiro atoms. The molecule has 0 aliphatic heterocycles. The van der Waals surface area contributed by atoms with Crippen LogP contribution in [0.15, 0.2) is 40.8 Å². The molecule has 0 saturated heterocycles. The molecule has 2 N–H and O–H groups in total. The summed E-state index contributed by atoms with van der Waals surface area (Å²) >= 11 is 0. The second kappa shape index (κ2) is 7.82. The minimum Gasteiger partial charge on any atom is -0.463 e. The number of carbonyl (C=O) groups excluding carboxylic acids is 3. The second-order valence-electron chi connectivity index (χ2n) is 4.53. The van der Waals surface area contributed by atoms with Gasteiger partial charge in [-0.1, -0.05) is 0 Å². The molecule has 24 heavy (non-hydrogen) atoms. The molecule has 0 unspecified atom stereocenters. The van der Waals surface area contributed by atoms with E-state index in [9.17, 15) is 14.4 Å². The molecule has 0 atom stereocenters. The highest BCUT2D eigenvalue weighted by Crippen LogP contribution is 2.15. The molecular formula is C16H20N2O6. The number of anilines is 2. The van der Waals surface area contributed by atoms with Crippen LogP contribution >= 0.6 is 0 Å². The van der Waals surface area contributed by atoms with Crippen LogP contribution < -0.4 is 10.6 Å². The maximum absolute atomic E-state index is 11.9. The van der Waals surface area contributed by atoms with Gasteiger partial charge in [0.25, 0.3) is 0 Å². The van der Waals surface area contributed by atoms with Crippen molar-refractivity contribution in [3.8, 4) is 0 Å². The van der Waals surface area contributed by atoms with Gasteiger partial charge in [0.2, 0.25) is 11.6 Å². The minimum absolute atomic E-state index is 0. The van der Waals surface area contributed by atoms with Gasteiger partial charge in [0.1, 0.15) is 0 Å². The lowest BCUT2D eigenvalue weighted by atomic mass is 10.2. The Morgan fingerprint density at radius 2 is 1.75 bits per heavy atom. The van der Waals surface area contributed by atoms with Crippen LogP contribution in [0.2, 0.25) is 0 Å². The predicted octanol–water partition coefficient (Wildman–Crippen LogP) is 3.38. The standard InChI is InChI=1S/C16H16N2O6.2H2/c1-3-23-14(19)10-4-6-11(7-5-10)17-16(21)18-13-9-8-12(24-13)15(20)22-2;;/h4-9H,3H2,1-2H3,(H2,17,18,21);2*1H. The van der Waals surface area contributed by atoms with Gasteiger partial charge in [-0.15, -0.1) is 0 Å². The number of esters is 2. The number of urea groups is 1. The van der Waals surface area contributed by atoms with E-state index in [-0.39, 0.29) is 21.1 Å². The lowest BCUT2D eigenvalue weighted by molar-refractivity contribution is 0.0524. The number of ether oxygens (including phenoxy) is 2. The molecule has 2 rings (SSSR count). The molecule has 8 heteroatoms. The Morgan fingerprint density at radius 3 is 2.38 bits per heavy atom. The first-order valence-electron chi connectivity index (χ1n) is 7.06. The summed E-state index contributed by atoms with van der Waals surface area (Å²) in [5.41, 5.74) is 0.858. The number of nitrogens with one attached hydrogen (secondary N) is 2. The SMILES string of the molecule is CCOC(=O)c1ccc(NC(=O)Nc2ccc(C(=O)OC)o2)cc1.[HH].[HH]. The summed E-state index contributed by atoms with van der Waals surface area (Å²) in [6.07, 6.45) is 0.